The minimum Gasteiger partial charge on any atom is -0.508 e. The number of phenolic OH excluding ortho intramolecular Hbond substituents is 1. The Balaban J connectivity index is 1.72. The van der Waals surface area contributed by atoms with Gasteiger partial charge in [-0.15, -0.1) is 0 Å². The van der Waals surface area contributed by atoms with E-state index < -0.39 is 5.72 Å². The van der Waals surface area contributed by atoms with E-state index >= 15 is 0 Å². The molecule has 2 atom stereocenters. The number of nitrogens with zero attached hydrogens (tertiary/aromatic N) is 1. The predicted molar refractivity (Wildman–Crippen MR) is 94.1 cm³/mol. The molecule has 0 bridgehead atoms. The number of hydrogen-bond donors (Lipinski definition) is 2. The van der Waals surface area contributed by atoms with Gasteiger partial charge in [0, 0.05) is 43.6 Å². The van der Waals surface area contributed by atoms with Gasteiger partial charge in [-0.3, -0.25) is 4.90 Å². The Kier molecular flexibility index (Phi) is 4.40. The van der Waals surface area contributed by atoms with Gasteiger partial charge in [0.2, 0.25) is 0 Å². The first-order chi connectivity index (χ1) is 12.0. The van der Waals surface area contributed by atoms with E-state index in [0.717, 1.165) is 50.5 Å². The molecule has 0 saturated carbocycles. The molecule has 0 aliphatic carbocycles. The van der Waals surface area contributed by atoms with E-state index in [-0.39, 0.29) is 17.3 Å². The van der Waals surface area contributed by atoms with Crippen LogP contribution >= 0.6 is 0 Å². The fraction of sp³-hybridized carbons (Fsp3) is 0.684. The molecule has 2 fully saturated rings. The lowest BCUT2D eigenvalue weighted by Crippen LogP contribution is -2.65. The highest BCUT2D eigenvalue weighted by Crippen LogP contribution is 2.53. The Hall–Kier alpha value is -1.34. The molecule has 1 aromatic carbocycles. The summed E-state index contributed by atoms with van der Waals surface area (Å²) in [7, 11) is 0. The van der Waals surface area contributed by atoms with Crippen molar-refractivity contribution in [1.82, 2.24) is 10.2 Å². The number of hydrogen-bond acceptors (Lipinski definition) is 6. The van der Waals surface area contributed by atoms with E-state index in [1.165, 1.54) is 0 Å². The van der Waals surface area contributed by atoms with E-state index in [9.17, 15) is 5.11 Å². The minimum absolute atomic E-state index is 0.110. The molecule has 0 spiro atoms. The van der Waals surface area contributed by atoms with Crippen LogP contribution in [0.1, 0.15) is 25.8 Å². The van der Waals surface area contributed by atoms with Crippen molar-refractivity contribution in [2.75, 3.05) is 46.0 Å². The number of rotatable bonds is 3. The molecule has 2 unspecified atom stereocenters. The van der Waals surface area contributed by atoms with E-state index in [4.69, 9.17) is 14.2 Å². The molecule has 2 N–H and O–H groups in total. The fourth-order valence-corrected chi connectivity index (χ4v) is 4.49. The molecule has 2 saturated heterocycles. The molecule has 6 nitrogen and oxygen atoms in total. The van der Waals surface area contributed by atoms with Crippen molar-refractivity contribution in [3.8, 4) is 11.5 Å². The van der Waals surface area contributed by atoms with Crippen LogP contribution in [0.5, 0.6) is 11.5 Å². The third kappa shape index (κ3) is 2.81. The summed E-state index contributed by atoms with van der Waals surface area (Å²) in [4.78, 5) is 2.41. The topological polar surface area (TPSA) is 63.2 Å². The average Bonchev–Trinajstić information content (AvgIpc) is 2.85. The van der Waals surface area contributed by atoms with Gasteiger partial charge >= 0.3 is 0 Å². The van der Waals surface area contributed by atoms with Crippen LogP contribution in [0.25, 0.3) is 0 Å². The molecule has 6 heteroatoms. The molecular formula is C19H28N2O4. The molecule has 138 valence electrons. The Morgan fingerprint density at radius 2 is 2.04 bits per heavy atom. The lowest BCUT2D eigenvalue weighted by Gasteiger charge is -2.50. The van der Waals surface area contributed by atoms with Crippen molar-refractivity contribution in [1.29, 1.82) is 0 Å². The van der Waals surface area contributed by atoms with Crippen molar-refractivity contribution in [2.24, 2.45) is 0 Å². The van der Waals surface area contributed by atoms with E-state index in [1.807, 2.05) is 12.1 Å². The van der Waals surface area contributed by atoms with Gasteiger partial charge in [-0.05, 0) is 18.2 Å². The first-order valence-corrected chi connectivity index (χ1v) is 9.20. The molecule has 4 rings (SSSR count). The Morgan fingerprint density at radius 3 is 2.76 bits per heavy atom. The van der Waals surface area contributed by atoms with Crippen LogP contribution in [0.2, 0.25) is 0 Å². The minimum atomic E-state index is -0.503. The second-order valence-electron chi connectivity index (χ2n) is 7.69. The van der Waals surface area contributed by atoms with Crippen LogP contribution in [0.15, 0.2) is 18.2 Å². The number of benzene rings is 1. The zero-order valence-corrected chi connectivity index (χ0v) is 15.1. The van der Waals surface area contributed by atoms with Crippen LogP contribution in [0.3, 0.4) is 0 Å². The molecule has 0 aromatic heterocycles. The molecule has 25 heavy (non-hydrogen) atoms. The molecule has 0 radical (unpaired) electrons. The summed E-state index contributed by atoms with van der Waals surface area (Å²) in [5.74, 6) is 1.14. The summed E-state index contributed by atoms with van der Waals surface area (Å²) in [5, 5.41) is 13.4. The van der Waals surface area contributed by atoms with Crippen molar-refractivity contribution in [3.05, 3.63) is 23.8 Å². The first-order valence-electron chi connectivity index (χ1n) is 9.20. The predicted octanol–water partition coefficient (Wildman–Crippen LogP) is 1.47. The highest BCUT2D eigenvalue weighted by Gasteiger charge is 2.59. The number of fused-ring (bicyclic) bond motifs is 1. The quantitative estimate of drug-likeness (QED) is 0.863. The number of ether oxygens (including phenoxy) is 3. The highest BCUT2D eigenvalue weighted by atomic mass is 16.5. The largest absolute Gasteiger partial charge is 0.508 e. The monoisotopic (exact) mass is 348 g/mol. The molecule has 3 aliphatic rings. The van der Waals surface area contributed by atoms with Gasteiger partial charge in [-0.25, -0.2) is 0 Å². The molecule has 3 aliphatic heterocycles. The second kappa shape index (κ2) is 6.43. The average molecular weight is 348 g/mol. The second-order valence-corrected chi connectivity index (χ2v) is 7.69. The SMILES string of the molecule is CC1(C)c2cc(O)ccc2OC1(CC1CNCCO1)N1CCOCC1. The first kappa shape index (κ1) is 17.1. The normalized spacial score (nSPS) is 32.2. The van der Waals surface area contributed by atoms with Gasteiger partial charge < -0.3 is 24.6 Å². The van der Waals surface area contributed by atoms with Gasteiger partial charge in [-0.2, -0.15) is 0 Å². The zero-order chi connectivity index (χ0) is 17.5. The lowest BCUT2D eigenvalue weighted by molar-refractivity contribution is -0.169. The molecule has 3 heterocycles. The van der Waals surface area contributed by atoms with Gasteiger partial charge in [0.05, 0.1) is 25.9 Å². The molecule has 1 aromatic rings. The van der Waals surface area contributed by atoms with Crippen molar-refractivity contribution >= 4 is 0 Å². The van der Waals surface area contributed by atoms with E-state index in [2.05, 4.69) is 24.1 Å². The van der Waals surface area contributed by atoms with Crippen LogP contribution in [0.4, 0.5) is 0 Å². The molecular weight excluding hydrogens is 320 g/mol. The lowest BCUT2D eigenvalue weighted by atomic mass is 9.73. The van der Waals surface area contributed by atoms with Crippen molar-refractivity contribution < 1.29 is 19.3 Å². The van der Waals surface area contributed by atoms with Crippen LogP contribution in [-0.4, -0.2) is 67.8 Å². The van der Waals surface area contributed by atoms with Gasteiger partial charge in [0.25, 0.3) is 0 Å². The zero-order valence-electron chi connectivity index (χ0n) is 15.1. The maximum Gasteiger partial charge on any atom is 0.175 e. The third-order valence-electron chi connectivity index (χ3n) is 5.92. The van der Waals surface area contributed by atoms with E-state index in [0.29, 0.717) is 13.2 Å². The number of nitrogens with one attached hydrogen (secondary N) is 1. The Bertz CT molecular complexity index is 624. The smallest absolute Gasteiger partial charge is 0.175 e. The van der Waals surface area contributed by atoms with E-state index in [1.54, 1.807) is 6.07 Å². The van der Waals surface area contributed by atoms with Gasteiger partial charge in [-0.1, -0.05) is 13.8 Å². The maximum atomic E-state index is 10.0. The van der Waals surface area contributed by atoms with Crippen molar-refractivity contribution in [2.45, 2.75) is 37.5 Å². The Morgan fingerprint density at radius 1 is 1.24 bits per heavy atom. The van der Waals surface area contributed by atoms with Crippen molar-refractivity contribution in [3.63, 3.8) is 0 Å². The summed E-state index contributed by atoms with van der Waals surface area (Å²) in [5.41, 5.74) is 0.276. The van der Waals surface area contributed by atoms with Crippen LogP contribution in [0, 0.1) is 0 Å². The number of phenols is 1. The standard InChI is InChI=1S/C19H28N2O4/c1-18(2)16-11-14(22)3-4-17(16)25-19(18,21-6-9-23-10-7-21)12-15-13-20-5-8-24-15/h3-4,11,15,20,22H,5-10,12-13H2,1-2H3. The number of morpholine rings is 2. The fourth-order valence-electron chi connectivity index (χ4n) is 4.49. The Labute approximate surface area is 149 Å². The third-order valence-corrected chi connectivity index (χ3v) is 5.92. The summed E-state index contributed by atoms with van der Waals surface area (Å²) >= 11 is 0. The van der Waals surface area contributed by atoms with Gasteiger partial charge in [0.15, 0.2) is 5.72 Å². The summed E-state index contributed by atoms with van der Waals surface area (Å²) in [6.07, 6.45) is 0.890. The summed E-state index contributed by atoms with van der Waals surface area (Å²) in [6.45, 7) is 10.0. The number of aromatic hydroxyl groups is 1. The maximum absolute atomic E-state index is 10.0. The van der Waals surface area contributed by atoms with Crippen LogP contribution < -0.4 is 10.1 Å². The summed E-state index contributed by atoms with van der Waals surface area (Å²) in [6, 6.07) is 5.43. The summed E-state index contributed by atoms with van der Waals surface area (Å²) < 4.78 is 18.3. The highest BCUT2D eigenvalue weighted by molar-refractivity contribution is 5.50. The van der Waals surface area contributed by atoms with Gasteiger partial charge in [0.1, 0.15) is 11.5 Å². The molecule has 0 amide bonds. The van der Waals surface area contributed by atoms with Crippen LogP contribution in [-0.2, 0) is 14.9 Å².